The van der Waals surface area contributed by atoms with E-state index in [2.05, 4.69) is 0 Å². The minimum absolute atomic E-state index is 0.476. The zero-order valence-corrected chi connectivity index (χ0v) is 8.79. The van der Waals surface area contributed by atoms with Crippen molar-refractivity contribution in [2.24, 2.45) is 0 Å². The summed E-state index contributed by atoms with van der Waals surface area (Å²) >= 11 is 1.58. The van der Waals surface area contributed by atoms with Crippen molar-refractivity contribution in [3.63, 3.8) is 0 Å². The topological polar surface area (TPSA) is 20.2 Å². The van der Waals surface area contributed by atoms with Crippen LogP contribution >= 0.6 is 11.3 Å². The second-order valence-corrected chi connectivity index (χ2v) is 4.31. The van der Waals surface area contributed by atoms with Crippen molar-refractivity contribution >= 4 is 11.3 Å². The Morgan fingerprint density at radius 2 is 1.86 bits per heavy atom. The summed E-state index contributed by atoms with van der Waals surface area (Å²) in [5.41, 5.74) is 2.17. The maximum atomic E-state index is 9.98. The highest BCUT2D eigenvalue weighted by molar-refractivity contribution is 7.10. The van der Waals surface area contributed by atoms with Gasteiger partial charge in [-0.15, -0.1) is 11.3 Å². The monoisotopic (exact) mass is 204 g/mol. The van der Waals surface area contributed by atoms with Crippen LogP contribution in [0.4, 0.5) is 0 Å². The molecule has 0 amide bonds. The van der Waals surface area contributed by atoms with Gasteiger partial charge < -0.3 is 5.11 Å². The van der Waals surface area contributed by atoms with Gasteiger partial charge in [0, 0.05) is 4.88 Å². The predicted molar refractivity (Wildman–Crippen MR) is 59.6 cm³/mol. The summed E-state index contributed by atoms with van der Waals surface area (Å²) in [5.74, 6) is 0. The zero-order valence-electron chi connectivity index (χ0n) is 7.97. The van der Waals surface area contributed by atoms with Crippen LogP contribution in [-0.4, -0.2) is 5.11 Å². The lowest BCUT2D eigenvalue weighted by Gasteiger charge is -2.08. The van der Waals surface area contributed by atoms with E-state index in [4.69, 9.17) is 0 Å². The van der Waals surface area contributed by atoms with Crippen LogP contribution in [0.15, 0.2) is 41.8 Å². The number of rotatable bonds is 2. The summed E-state index contributed by atoms with van der Waals surface area (Å²) < 4.78 is 0. The fraction of sp³-hybridized carbons (Fsp3) is 0.167. The molecule has 0 aliphatic carbocycles. The standard InChI is InChI=1S/C12H12OS/c1-9-4-6-10(7-5-9)12(13)11-3-2-8-14-11/h2-8,12-13H,1H3/t12-/m0/s1. The van der Waals surface area contributed by atoms with Crippen molar-refractivity contribution < 1.29 is 5.11 Å². The highest BCUT2D eigenvalue weighted by Gasteiger charge is 2.10. The first-order valence-corrected chi connectivity index (χ1v) is 5.43. The highest BCUT2D eigenvalue weighted by Crippen LogP contribution is 2.25. The molecule has 0 aliphatic rings. The maximum Gasteiger partial charge on any atom is 0.113 e. The van der Waals surface area contributed by atoms with Crippen LogP contribution < -0.4 is 0 Å². The Bertz CT molecular complexity index is 389. The molecule has 2 aromatic rings. The first-order chi connectivity index (χ1) is 6.77. The highest BCUT2D eigenvalue weighted by atomic mass is 32.1. The van der Waals surface area contributed by atoms with E-state index >= 15 is 0 Å². The van der Waals surface area contributed by atoms with E-state index in [-0.39, 0.29) is 0 Å². The Labute approximate surface area is 87.7 Å². The lowest BCUT2D eigenvalue weighted by molar-refractivity contribution is 0.224. The third-order valence-electron chi connectivity index (χ3n) is 2.21. The van der Waals surface area contributed by atoms with Crippen LogP contribution in [0.5, 0.6) is 0 Å². The molecule has 0 fully saturated rings. The molecular weight excluding hydrogens is 192 g/mol. The molecule has 0 bridgehead atoms. The van der Waals surface area contributed by atoms with E-state index in [0.717, 1.165) is 10.4 Å². The summed E-state index contributed by atoms with van der Waals surface area (Å²) in [4.78, 5) is 0.994. The minimum atomic E-state index is -0.476. The van der Waals surface area contributed by atoms with Crippen molar-refractivity contribution in [1.29, 1.82) is 0 Å². The SMILES string of the molecule is Cc1ccc([C@H](O)c2cccs2)cc1. The molecule has 2 heteroatoms. The van der Waals surface area contributed by atoms with Gasteiger partial charge in [-0.05, 0) is 23.9 Å². The second-order valence-electron chi connectivity index (χ2n) is 3.33. The number of aliphatic hydroxyl groups excluding tert-OH is 1. The molecule has 1 N–H and O–H groups in total. The molecule has 72 valence electrons. The largest absolute Gasteiger partial charge is 0.383 e. The van der Waals surface area contributed by atoms with Crippen molar-refractivity contribution in [2.45, 2.75) is 13.0 Å². The fourth-order valence-corrected chi connectivity index (χ4v) is 2.10. The molecule has 0 saturated carbocycles. The third kappa shape index (κ3) is 1.86. The second kappa shape index (κ2) is 3.95. The molecule has 1 aromatic carbocycles. The van der Waals surface area contributed by atoms with Crippen LogP contribution in [-0.2, 0) is 0 Å². The molecule has 1 aromatic heterocycles. The molecule has 1 atom stereocenters. The first kappa shape index (κ1) is 9.44. The number of aryl methyl sites for hydroxylation is 1. The molecule has 2 rings (SSSR count). The first-order valence-electron chi connectivity index (χ1n) is 4.55. The molecule has 14 heavy (non-hydrogen) atoms. The molecule has 0 aliphatic heterocycles. The van der Waals surface area contributed by atoms with Gasteiger partial charge in [0.15, 0.2) is 0 Å². The Morgan fingerprint density at radius 3 is 2.43 bits per heavy atom. The Hall–Kier alpha value is -1.12. The van der Waals surface area contributed by atoms with Crippen molar-refractivity contribution in [3.8, 4) is 0 Å². The van der Waals surface area contributed by atoms with Crippen LogP contribution in [0.1, 0.15) is 22.1 Å². The van der Waals surface area contributed by atoms with Crippen molar-refractivity contribution in [3.05, 3.63) is 57.8 Å². The van der Waals surface area contributed by atoms with Gasteiger partial charge in [-0.25, -0.2) is 0 Å². The fourth-order valence-electron chi connectivity index (χ4n) is 1.36. The molecule has 1 nitrogen and oxygen atoms in total. The number of hydrogen-bond donors (Lipinski definition) is 1. The van der Waals surface area contributed by atoms with Gasteiger partial charge in [0.05, 0.1) is 0 Å². The molecule has 0 saturated heterocycles. The van der Waals surface area contributed by atoms with Gasteiger partial charge in [0.1, 0.15) is 6.10 Å². The summed E-state index contributed by atoms with van der Waals surface area (Å²) in [6.07, 6.45) is -0.476. The van der Waals surface area contributed by atoms with Crippen LogP contribution in [0.25, 0.3) is 0 Å². The van der Waals surface area contributed by atoms with Gasteiger partial charge in [-0.3, -0.25) is 0 Å². The number of thiophene rings is 1. The molecule has 0 spiro atoms. The molecule has 0 unspecified atom stereocenters. The molecular formula is C12H12OS. The molecule has 0 radical (unpaired) electrons. The Balaban J connectivity index is 2.28. The number of aliphatic hydroxyl groups is 1. The lowest BCUT2D eigenvalue weighted by Crippen LogP contribution is -1.96. The van der Waals surface area contributed by atoms with E-state index in [1.165, 1.54) is 5.56 Å². The van der Waals surface area contributed by atoms with E-state index in [1.54, 1.807) is 11.3 Å². The minimum Gasteiger partial charge on any atom is -0.383 e. The number of hydrogen-bond acceptors (Lipinski definition) is 2. The normalized spacial score (nSPS) is 12.7. The van der Waals surface area contributed by atoms with E-state index in [1.807, 2.05) is 48.7 Å². The van der Waals surface area contributed by atoms with Gasteiger partial charge in [0.2, 0.25) is 0 Å². The summed E-state index contributed by atoms with van der Waals surface area (Å²) in [6.45, 7) is 2.04. The zero-order chi connectivity index (χ0) is 9.97. The van der Waals surface area contributed by atoms with E-state index in [9.17, 15) is 5.11 Å². The van der Waals surface area contributed by atoms with Crippen LogP contribution in [0.2, 0.25) is 0 Å². The van der Waals surface area contributed by atoms with Crippen LogP contribution in [0, 0.1) is 6.92 Å². The van der Waals surface area contributed by atoms with Crippen molar-refractivity contribution in [1.82, 2.24) is 0 Å². The van der Waals surface area contributed by atoms with Crippen molar-refractivity contribution in [2.75, 3.05) is 0 Å². The van der Waals surface area contributed by atoms with Gasteiger partial charge in [-0.1, -0.05) is 35.9 Å². The smallest absolute Gasteiger partial charge is 0.113 e. The summed E-state index contributed by atoms with van der Waals surface area (Å²) in [7, 11) is 0. The van der Waals surface area contributed by atoms with E-state index < -0.39 is 6.10 Å². The quantitative estimate of drug-likeness (QED) is 0.796. The maximum absolute atomic E-state index is 9.98. The van der Waals surface area contributed by atoms with Gasteiger partial charge in [-0.2, -0.15) is 0 Å². The average Bonchev–Trinajstić information content (AvgIpc) is 2.71. The third-order valence-corrected chi connectivity index (χ3v) is 3.13. The average molecular weight is 204 g/mol. The van der Waals surface area contributed by atoms with Gasteiger partial charge >= 0.3 is 0 Å². The summed E-state index contributed by atoms with van der Waals surface area (Å²) in [6, 6.07) is 11.9. The number of benzene rings is 1. The lowest BCUT2D eigenvalue weighted by atomic mass is 10.1. The van der Waals surface area contributed by atoms with E-state index in [0.29, 0.717) is 0 Å². The predicted octanol–water partition coefficient (Wildman–Crippen LogP) is 3.14. The van der Waals surface area contributed by atoms with Gasteiger partial charge in [0.25, 0.3) is 0 Å². The summed E-state index contributed by atoms with van der Waals surface area (Å²) in [5, 5.41) is 12.0. The Kier molecular flexibility index (Phi) is 2.66. The van der Waals surface area contributed by atoms with Crippen LogP contribution in [0.3, 0.4) is 0 Å². The Morgan fingerprint density at radius 1 is 1.14 bits per heavy atom. The molecule has 1 heterocycles.